The van der Waals surface area contributed by atoms with Crippen molar-refractivity contribution in [2.45, 2.75) is 26.7 Å². The zero-order chi connectivity index (χ0) is 19.3. The lowest BCUT2D eigenvalue weighted by atomic mass is 9.81. The van der Waals surface area contributed by atoms with E-state index in [9.17, 15) is 9.59 Å². The largest absolute Gasteiger partial charge is 0.465 e. The number of ether oxygens (including phenoxy) is 2. The number of rotatable bonds is 8. The summed E-state index contributed by atoms with van der Waals surface area (Å²) in [4.78, 5) is 27.5. The molecule has 0 aliphatic heterocycles. The summed E-state index contributed by atoms with van der Waals surface area (Å²) in [5, 5.41) is 0. The summed E-state index contributed by atoms with van der Waals surface area (Å²) in [7, 11) is 7.92. The van der Waals surface area contributed by atoms with Gasteiger partial charge in [0.2, 0.25) is 0 Å². The minimum atomic E-state index is -1.49. The van der Waals surface area contributed by atoms with Crippen molar-refractivity contribution >= 4 is 11.9 Å². The first-order valence-electron chi connectivity index (χ1n) is 8.64. The molecular weight excluding hydrogens is 320 g/mol. The Morgan fingerprint density at radius 3 is 1.40 bits per heavy atom. The summed E-state index contributed by atoms with van der Waals surface area (Å²) < 4.78 is 10.3. The first kappa shape index (κ1) is 23.0. The molecule has 25 heavy (non-hydrogen) atoms. The van der Waals surface area contributed by atoms with Gasteiger partial charge in [0.15, 0.2) is 5.41 Å². The fraction of sp³-hybridized carbons (Fsp3) is 0.684. The van der Waals surface area contributed by atoms with Crippen LogP contribution in [0.15, 0.2) is 0 Å². The van der Waals surface area contributed by atoms with Gasteiger partial charge >= 0.3 is 11.9 Å². The average Bonchev–Trinajstić information content (AvgIpc) is 2.53. The van der Waals surface area contributed by atoms with Crippen LogP contribution in [0.3, 0.4) is 0 Å². The zero-order valence-electron chi connectivity index (χ0n) is 16.4. The summed E-state index contributed by atoms with van der Waals surface area (Å²) in [6.07, 6.45) is 0.0862. The lowest BCUT2D eigenvalue weighted by Crippen LogP contribution is -3.05. The van der Waals surface area contributed by atoms with Crippen LogP contribution in [0.25, 0.3) is 0 Å². The zero-order valence-corrected chi connectivity index (χ0v) is 16.4. The van der Waals surface area contributed by atoms with Gasteiger partial charge in [-0.25, -0.2) is 0 Å². The Kier molecular flexibility index (Phi) is 11.4. The molecule has 0 saturated carbocycles. The lowest BCUT2D eigenvalue weighted by molar-refractivity contribution is -0.850. The summed E-state index contributed by atoms with van der Waals surface area (Å²) in [6, 6.07) is 0. The molecule has 0 spiro atoms. The predicted octanol–water partition coefficient (Wildman–Crippen LogP) is -1.82. The van der Waals surface area contributed by atoms with Crippen LogP contribution in [-0.4, -0.2) is 66.4 Å². The summed E-state index contributed by atoms with van der Waals surface area (Å²) in [5.41, 5.74) is -1.49. The number of esters is 2. The molecule has 6 heteroatoms. The highest BCUT2D eigenvalue weighted by Crippen LogP contribution is 2.30. The van der Waals surface area contributed by atoms with Crippen LogP contribution in [0, 0.1) is 29.1 Å². The molecule has 0 aliphatic carbocycles. The highest BCUT2D eigenvalue weighted by molar-refractivity contribution is 6.00. The first-order valence-corrected chi connectivity index (χ1v) is 8.64. The molecule has 0 saturated heterocycles. The highest BCUT2D eigenvalue weighted by Gasteiger charge is 2.48. The van der Waals surface area contributed by atoms with E-state index in [1.807, 2.05) is 28.2 Å². The Morgan fingerprint density at radius 2 is 1.12 bits per heavy atom. The van der Waals surface area contributed by atoms with Crippen LogP contribution in [0.2, 0.25) is 0 Å². The van der Waals surface area contributed by atoms with Crippen molar-refractivity contribution in [1.29, 1.82) is 0 Å². The van der Waals surface area contributed by atoms with E-state index < -0.39 is 17.4 Å². The van der Waals surface area contributed by atoms with Gasteiger partial charge in [0.05, 0.1) is 41.4 Å². The van der Waals surface area contributed by atoms with E-state index in [1.165, 1.54) is 9.80 Å². The third-order valence-corrected chi connectivity index (χ3v) is 3.25. The molecule has 0 atom stereocenters. The minimum absolute atomic E-state index is 0.0431. The maximum absolute atomic E-state index is 12.6. The fourth-order valence-electron chi connectivity index (χ4n) is 1.88. The molecule has 0 aromatic heterocycles. The van der Waals surface area contributed by atoms with Gasteiger partial charge in [-0.05, 0) is 25.7 Å². The summed E-state index contributed by atoms with van der Waals surface area (Å²) in [5.74, 6) is 10.6. The van der Waals surface area contributed by atoms with Crippen molar-refractivity contribution in [2.75, 3.05) is 54.5 Å². The molecule has 0 aliphatic rings. The van der Waals surface area contributed by atoms with Crippen LogP contribution < -0.4 is 9.80 Å². The molecule has 6 nitrogen and oxygen atoms in total. The Labute approximate surface area is 151 Å². The van der Waals surface area contributed by atoms with Gasteiger partial charge in [0.1, 0.15) is 13.1 Å². The molecule has 0 aromatic carbocycles. The maximum atomic E-state index is 12.6. The minimum Gasteiger partial charge on any atom is -0.465 e. The van der Waals surface area contributed by atoms with E-state index in [0.717, 1.165) is 0 Å². The molecule has 0 amide bonds. The van der Waals surface area contributed by atoms with Crippen molar-refractivity contribution in [3.63, 3.8) is 0 Å². The van der Waals surface area contributed by atoms with Gasteiger partial charge in [-0.3, -0.25) is 9.59 Å². The Balaban J connectivity index is 5.59. The predicted molar refractivity (Wildman–Crippen MR) is 95.8 cm³/mol. The lowest BCUT2D eigenvalue weighted by Gasteiger charge is -2.25. The summed E-state index contributed by atoms with van der Waals surface area (Å²) in [6.45, 7) is 5.02. The van der Waals surface area contributed by atoms with E-state index in [1.54, 1.807) is 13.8 Å². The molecule has 0 unspecified atom stereocenters. The molecule has 0 fully saturated rings. The fourth-order valence-corrected chi connectivity index (χ4v) is 1.88. The second-order valence-electron chi connectivity index (χ2n) is 6.35. The molecule has 0 heterocycles. The van der Waals surface area contributed by atoms with Crippen molar-refractivity contribution in [3.05, 3.63) is 0 Å². The molecular formula is C19H32N2O4+2. The SMILES string of the molecule is CCOC(=O)C(CC#CC[NH+](C)C)(CC#CC[NH+](C)C)C(=O)OCC. The van der Waals surface area contributed by atoms with Crippen molar-refractivity contribution < 1.29 is 28.9 Å². The van der Waals surface area contributed by atoms with Gasteiger partial charge in [-0.2, -0.15) is 0 Å². The Hall–Kier alpha value is -2.02. The Bertz CT molecular complexity index is 497. The van der Waals surface area contributed by atoms with E-state index >= 15 is 0 Å². The third kappa shape index (κ3) is 8.58. The van der Waals surface area contributed by atoms with Crippen LogP contribution in [0.5, 0.6) is 0 Å². The van der Waals surface area contributed by atoms with Crippen molar-refractivity contribution in [2.24, 2.45) is 5.41 Å². The Morgan fingerprint density at radius 1 is 0.760 bits per heavy atom. The maximum Gasteiger partial charge on any atom is 0.325 e. The van der Waals surface area contributed by atoms with Crippen LogP contribution in [0.4, 0.5) is 0 Å². The second-order valence-corrected chi connectivity index (χ2v) is 6.35. The van der Waals surface area contributed by atoms with Gasteiger partial charge < -0.3 is 19.3 Å². The molecule has 0 rings (SSSR count). The van der Waals surface area contributed by atoms with Crippen LogP contribution in [-0.2, 0) is 19.1 Å². The molecule has 0 aromatic rings. The number of nitrogens with one attached hydrogen (secondary N) is 2. The smallest absolute Gasteiger partial charge is 0.325 e. The second kappa shape index (κ2) is 12.4. The van der Waals surface area contributed by atoms with Gasteiger partial charge in [-0.15, -0.1) is 0 Å². The van der Waals surface area contributed by atoms with E-state index in [0.29, 0.717) is 13.1 Å². The van der Waals surface area contributed by atoms with Gasteiger partial charge in [0, 0.05) is 12.8 Å². The van der Waals surface area contributed by atoms with Crippen LogP contribution >= 0.6 is 0 Å². The van der Waals surface area contributed by atoms with E-state index in [-0.39, 0.29) is 26.1 Å². The average molecular weight is 352 g/mol. The van der Waals surface area contributed by atoms with Gasteiger partial charge in [0.25, 0.3) is 0 Å². The molecule has 2 N–H and O–H groups in total. The molecule has 0 bridgehead atoms. The number of quaternary nitrogens is 2. The topological polar surface area (TPSA) is 61.5 Å². The number of hydrogen-bond donors (Lipinski definition) is 2. The molecule has 0 radical (unpaired) electrons. The van der Waals surface area contributed by atoms with Crippen molar-refractivity contribution in [1.82, 2.24) is 0 Å². The summed E-state index contributed by atoms with van der Waals surface area (Å²) >= 11 is 0. The van der Waals surface area contributed by atoms with Crippen molar-refractivity contribution in [3.8, 4) is 23.7 Å². The number of carbonyl (C=O) groups excluding carboxylic acids is 2. The quantitative estimate of drug-likeness (QED) is 0.307. The number of hydrogen-bond acceptors (Lipinski definition) is 4. The monoisotopic (exact) mass is 352 g/mol. The highest BCUT2D eigenvalue weighted by atomic mass is 16.6. The number of carbonyl (C=O) groups is 2. The van der Waals surface area contributed by atoms with E-state index in [2.05, 4.69) is 23.7 Å². The third-order valence-electron chi connectivity index (χ3n) is 3.25. The van der Waals surface area contributed by atoms with E-state index in [4.69, 9.17) is 9.47 Å². The molecule has 140 valence electrons. The van der Waals surface area contributed by atoms with Crippen LogP contribution in [0.1, 0.15) is 26.7 Å². The van der Waals surface area contributed by atoms with Gasteiger partial charge in [-0.1, -0.05) is 11.8 Å². The standard InChI is InChI=1S/C19H30N2O4/c1-7-24-17(22)19(18(23)25-8-2,13-9-11-15-20(3)4)14-10-12-16-21(5)6/h7-8,13-16H2,1-6H3/p+2. The normalized spacial score (nSPS) is 10.6. The first-order chi connectivity index (χ1) is 11.8.